The van der Waals surface area contributed by atoms with Crippen LogP contribution < -0.4 is 0 Å². The topological polar surface area (TPSA) is 20.2 Å². The van der Waals surface area contributed by atoms with Gasteiger partial charge in [0.25, 0.3) is 0 Å². The van der Waals surface area contributed by atoms with Gasteiger partial charge in [0.2, 0.25) is 0 Å². The molecule has 13 heavy (non-hydrogen) atoms. The monoisotopic (exact) mass is 182 g/mol. The maximum atomic E-state index is 9.78. The maximum absolute atomic E-state index is 9.78. The summed E-state index contributed by atoms with van der Waals surface area (Å²) < 4.78 is 0. The minimum absolute atomic E-state index is 0.120. The lowest BCUT2D eigenvalue weighted by Crippen LogP contribution is -2.16. The maximum Gasteiger partial charge on any atom is 0.0752 e. The Morgan fingerprint density at radius 2 is 2.15 bits per heavy atom. The minimum Gasteiger partial charge on any atom is -0.389 e. The van der Waals surface area contributed by atoms with Gasteiger partial charge in [-0.15, -0.1) is 0 Å². The van der Waals surface area contributed by atoms with Crippen LogP contribution in [0.3, 0.4) is 0 Å². The molecule has 0 fully saturated rings. The first-order valence-electron chi connectivity index (χ1n) is 5.62. The molecule has 0 amide bonds. The van der Waals surface area contributed by atoms with E-state index in [1.807, 2.05) is 0 Å². The van der Waals surface area contributed by atoms with Gasteiger partial charge in [0.15, 0.2) is 0 Å². The molecule has 0 aromatic heterocycles. The van der Waals surface area contributed by atoms with Gasteiger partial charge < -0.3 is 5.11 Å². The molecule has 0 heterocycles. The Bertz CT molecular complexity index is 182. The van der Waals surface area contributed by atoms with Crippen molar-refractivity contribution >= 4 is 0 Å². The Hall–Kier alpha value is -0.300. The van der Waals surface area contributed by atoms with Crippen molar-refractivity contribution in [2.24, 2.45) is 0 Å². The standard InChI is InChI=1S/C12H22O/c1-3-4-5-8-11-10(2)7-6-9-12(11)13/h12-13H,3-9H2,1-2H3. The lowest BCUT2D eigenvalue weighted by atomic mass is 9.87. The van der Waals surface area contributed by atoms with E-state index in [1.165, 1.54) is 43.3 Å². The lowest BCUT2D eigenvalue weighted by Gasteiger charge is -2.23. The van der Waals surface area contributed by atoms with Crippen molar-refractivity contribution in [3.8, 4) is 0 Å². The first-order chi connectivity index (χ1) is 6.25. The third kappa shape index (κ3) is 3.15. The van der Waals surface area contributed by atoms with Gasteiger partial charge in [-0.2, -0.15) is 0 Å². The second kappa shape index (κ2) is 5.43. The second-order valence-electron chi connectivity index (χ2n) is 4.17. The van der Waals surface area contributed by atoms with Gasteiger partial charge in [0.05, 0.1) is 6.10 Å². The molecule has 0 aromatic carbocycles. The van der Waals surface area contributed by atoms with Gasteiger partial charge in [0.1, 0.15) is 0 Å². The highest BCUT2D eigenvalue weighted by Gasteiger charge is 2.17. The number of hydrogen-bond donors (Lipinski definition) is 1. The number of rotatable bonds is 4. The average molecular weight is 182 g/mol. The highest BCUT2D eigenvalue weighted by Crippen LogP contribution is 2.28. The van der Waals surface area contributed by atoms with Gasteiger partial charge in [-0.05, 0) is 44.6 Å². The summed E-state index contributed by atoms with van der Waals surface area (Å²) in [4.78, 5) is 0. The van der Waals surface area contributed by atoms with Crippen molar-refractivity contribution in [3.63, 3.8) is 0 Å². The van der Waals surface area contributed by atoms with Gasteiger partial charge in [-0.3, -0.25) is 0 Å². The molecule has 1 rings (SSSR count). The molecule has 1 N–H and O–H groups in total. The SMILES string of the molecule is CCCCCC1=C(C)CCCC1O. The summed E-state index contributed by atoms with van der Waals surface area (Å²) in [7, 11) is 0. The largest absolute Gasteiger partial charge is 0.389 e. The molecule has 0 aromatic rings. The molecule has 76 valence electrons. The van der Waals surface area contributed by atoms with Crippen molar-refractivity contribution in [3.05, 3.63) is 11.1 Å². The molecule has 0 saturated carbocycles. The molecule has 1 unspecified atom stereocenters. The van der Waals surface area contributed by atoms with Crippen LogP contribution in [0, 0.1) is 0 Å². The van der Waals surface area contributed by atoms with Gasteiger partial charge >= 0.3 is 0 Å². The zero-order valence-electron chi connectivity index (χ0n) is 8.97. The summed E-state index contributed by atoms with van der Waals surface area (Å²) in [6.45, 7) is 4.40. The summed E-state index contributed by atoms with van der Waals surface area (Å²) in [5.41, 5.74) is 2.80. The zero-order chi connectivity index (χ0) is 9.68. The summed E-state index contributed by atoms with van der Waals surface area (Å²) in [5, 5.41) is 9.78. The first kappa shape index (κ1) is 10.8. The van der Waals surface area contributed by atoms with Gasteiger partial charge in [-0.1, -0.05) is 25.3 Å². The predicted octanol–water partition coefficient (Wildman–Crippen LogP) is 3.43. The van der Waals surface area contributed by atoms with Crippen molar-refractivity contribution in [1.82, 2.24) is 0 Å². The molecule has 0 aliphatic heterocycles. The van der Waals surface area contributed by atoms with Crippen LogP contribution in [0.4, 0.5) is 0 Å². The van der Waals surface area contributed by atoms with Crippen LogP contribution in [0.25, 0.3) is 0 Å². The van der Waals surface area contributed by atoms with Crippen molar-refractivity contribution < 1.29 is 5.11 Å². The third-order valence-electron chi connectivity index (χ3n) is 3.03. The first-order valence-corrected chi connectivity index (χ1v) is 5.62. The van der Waals surface area contributed by atoms with Crippen LogP contribution >= 0.6 is 0 Å². The fourth-order valence-corrected chi connectivity index (χ4v) is 2.13. The molecule has 0 spiro atoms. The molecule has 0 radical (unpaired) electrons. The Kier molecular flexibility index (Phi) is 4.51. The van der Waals surface area contributed by atoms with E-state index in [4.69, 9.17) is 0 Å². The van der Waals surface area contributed by atoms with E-state index in [0.717, 1.165) is 12.8 Å². The Morgan fingerprint density at radius 3 is 2.77 bits per heavy atom. The average Bonchev–Trinajstić information content (AvgIpc) is 2.10. The Balaban J connectivity index is 2.43. The van der Waals surface area contributed by atoms with E-state index in [1.54, 1.807) is 0 Å². The highest BCUT2D eigenvalue weighted by atomic mass is 16.3. The summed E-state index contributed by atoms with van der Waals surface area (Å²) in [6, 6.07) is 0. The number of allylic oxidation sites excluding steroid dienone is 1. The minimum atomic E-state index is -0.120. The van der Waals surface area contributed by atoms with Crippen LogP contribution in [0.15, 0.2) is 11.1 Å². The van der Waals surface area contributed by atoms with Crippen molar-refractivity contribution in [1.29, 1.82) is 0 Å². The molecule has 1 aliphatic carbocycles. The van der Waals surface area contributed by atoms with E-state index < -0.39 is 0 Å². The molecule has 0 saturated heterocycles. The van der Waals surface area contributed by atoms with Crippen molar-refractivity contribution in [2.45, 2.75) is 64.9 Å². The van der Waals surface area contributed by atoms with E-state index in [0.29, 0.717) is 0 Å². The Morgan fingerprint density at radius 1 is 1.38 bits per heavy atom. The zero-order valence-corrected chi connectivity index (χ0v) is 8.97. The molecule has 0 bridgehead atoms. The van der Waals surface area contributed by atoms with Crippen LogP contribution in [-0.4, -0.2) is 11.2 Å². The van der Waals surface area contributed by atoms with E-state index in [-0.39, 0.29) is 6.10 Å². The summed E-state index contributed by atoms with van der Waals surface area (Å²) in [5.74, 6) is 0. The summed E-state index contributed by atoms with van der Waals surface area (Å²) in [6.07, 6.45) is 8.18. The molecule has 1 atom stereocenters. The van der Waals surface area contributed by atoms with Crippen LogP contribution in [0.2, 0.25) is 0 Å². The molecule has 1 aliphatic rings. The van der Waals surface area contributed by atoms with Crippen molar-refractivity contribution in [2.75, 3.05) is 0 Å². The predicted molar refractivity (Wildman–Crippen MR) is 56.7 cm³/mol. The van der Waals surface area contributed by atoms with Crippen LogP contribution in [0.5, 0.6) is 0 Å². The quantitative estimate of drug-likeness (QED) is 0.521. The smallest absolute Gasteiger partial charge is 0.0752 e. The van der Waals surface area contributed by atoms with E-state index in [2.05, 4.69) is 13.8 Å². The fourth-order valence-electron chi connectivity index (χ4n) is 2.13. The molecule has 1 heteroatoms. The Labute approximate surface area is 81.9 Å². The number of unbranched alkanes of at least 4 members (excludes halogenated alkanes) is 2. The third-order valence-corrected chi connectivity index (χ3v) is 3.03. The summed E-state index contributed by atoms with van der Waals surface area (Å²) >= 11 is 0. The van der Waals surface area contributed by atoms with Gasteiger partial charge in [-0.25, -0.2) is 0 Å². The van der Waals surface area contributed by atoms with Gasteiger partial charge in [0, 0.05) is 0 Å². The lowest BCUT2D eigenvalue weighted by molar-refractivity contribution is 0.183. The highest BCUT2D eigenvalue weighted by molar-refractivity contribution is 5.19. The molecule has 1 nitrogen and oxygen atoms in total. The number of aliphatic hydroxyl groups excluding tert-OH is 1. The van der Waals surface area contributed by atoms with E-state index in [9.17, 15) is 5.11 Å². The van der Waals surface area contributed by atoms with Crippen LogP contribution in [-0.2, 0) is 0 Å². The number of hydrogen-bond acceptors (Lipinski definition) is 1. The van der Waals surface area contributed by atoms with E-state index >= 15 is 0 Å². The fraction of sp³-hybridized carbons (Fsp3) is 0.833. The molecular formula is C12H22O. The molecular weight excluding hydrogens is 160 g/mol. The van der Waals surface area contributed by atoms with Crippen LogP contribution in [0.1, 0.15) is 58.8 Å². The number of aliphatic hydroxyl groups is 1. The second-order valence-corrected chi connectivity index (χ2v) is 4.17. The normalized spacial score (nSPS) is 23.8.